The number of aliphatic imine (C=N–C) groups is 1. The molecule has 0 unspecified atom stereocenters. The van der Waals surface area contributed by atoms with Gasteiger partial charge in [0.2, 0.25) is 0 Å². The van der Waals surface area contributed by atoms with Gasteiger partial charge in [-0.05, 0) is 48.6 Å². The minimum Gasteiger partial charge on any atom is -0.370 e. The number of nitrogens with zero attached hydrogens (tertiary/aromatic N) is 4. The van der Waals surface area contributed by atoms with E-state index in [4.69, 9.17) is 16.6 Å². The first-order valence-corrected chi connectivity index (χ1v) is 11.7. The minimum absolute atomic E-state index is 0.000760. The number of carbonyl (C=O) groups excluding carboxylic acids is 1. The summed E-state index contributed by atoms with van der Waals surface area (Å²) < 4.78 is 0. The summed E-state index contributed by atoms with van der Waals surface area (Å²) in [7, 11) is 0. The van der Waals surface area contributed by atoms with Crippen LogP contribution in [0.4, 0.5) is 21.9 Å². The number of guanidine groups is 1. The van der Waals surface area contributed by atoms with Crippen LogP contribution < -0.4 is 16.4 Å². The maximum absolute atomic E-state index is 14.0. The van der Waals surface area contributed by atoms with Gasteiger partial charge in [0.25, 0.3) is 0 Å². The van der Waals surface area contributed by atoms with Crippen molar-refractivity contribution in [1.29, 1.82) is 0 Å². The minimum atomic E-state index is -0.155. The highest BCUT2D eigenvalue weighted by Crippen LogP contribution is 2.38. The summed E-state index contributed by atoms with van der Waals surface area (Å²) in [4.78, 5) is 19.8. The van der Waals surface area contributed by atoms with Gasteiger partial charge in [0.15, 0.2) is 5.96 Å². The molecule has 1 heterocycles. The van der Waals surface area contributed by atoms with Gasteiger partial charge in [-0.2, -0.15) is 5.10 Å². The van der Waals surface area contributed by atoms with Gasteiger partial charge in [0, 0.05) is 11.5 Å². The summed E-state index contributed by atoms with van der Waals surface area (Å²) >= 11 is 0. The lowest BCUT2D eigenvalue weighted by Gasteiger charge is -2.30. The number of nitrogens with two attached hydrogens (primary N) is 2. The van der Waals surface area contributed by atoms with Gasteiger partial charge in [-0.3, -0.25) is 4.90 Å². The molecule has 2 amide bonds. The number of urea groups is 1. The number of carbonyl (C=O) groups is 1. The Morgan fingerprint density at radius 1 is 1.03 bits per heavy atom. The third-order valence-corrected chi connectivity index (χ3v) is 6.04. The molecule has 1 aliphatic heterocycles. The molecule has 7 nitrogen and oxygen atoms in total. The Hall–Kier alpha value is -3.35. The number of fused-ring (bicyclic) bond motifs is 1. The van der Waals surface area contributed by atoms with Crippen LogP contribution >= 0.6 is 0 Å². The zero-order chi connectivity index (χ0) is 23.6. The summed E-state index contributed by atoms with van der Waals surface area (Å²) in [6.07, 6.45) is 5.89. The topological polar surface area (TPSA) is 100 Å². The summed E-state index contributed by atoms with van der Waals surface area (Å²) in [5.74, 6) is 0.361. The fraction of sp³-hybridized carbons (Fsp3) is 0.423. The quantitative estimate of drug-likeness (QED) is 0.479. The van der Waals surface area contributed by atoms with Crippen molar-refractivity contribution in [3.63, 3.8) is 0 Å². The van der Waals surface area contributed by atoms with Crippen LogP contribution in [-0.4, -0.2) is 29.3 Å². The van der Waals surface area contributed by atoms with E-state index >= 15 is 0 Å². The van der Waals surface area contributed by atoms with E-state index in [1.54, 1.807) is 9.91 Å². The molecular weight excluding hydrogens is 412 g/mol. The number of benzene rings is 2. The molecular formula is C26H34N6O. The maximum Gasteiger partial charge on any atom is 0.349 e. The number of rotatable bonds is 4. The van der Waals surface area contributed by atoms with E-state index in [2.05, 4.69) is 31.8 Å². The van der Waals surface area contributed by atoms with Crippen LogP contribution in [0.1, 0.15) is 58.4 Å². The summed E-state index contributed by atoms with van der Waals surface area (Å²) in [5.41, 5.74) is 15.2. The molecule has 0 saturated heterocycles. The molecule has 0 radical (unpaired) electrons. The van der Waals surface area contributed by atoms with Crippen LogP contribution in [0.3, 0.4) is 0 Å². The zero-order valence-electron chi connectivity index (χ0n) is 19.8. The van der Waals surface area contributed by atoms with Crippen molar-refractivity contribution >= 4 is 34.8 Å². The molecule has 1 aliphatic carbocycles. The standard InChI is InChI=1S/C26H34N6O/c1-26(2,3)17-31-25(33)32(20-15-13-19(14-16-20)29-24(27)28)22-12-8-7-11-21(22)23(30-31)18-9-5-4-6-10-18/h7-8,11-16,18H,4-6,9-10,17H2,1-3H3,(H4,27,28,29). The largest absolute Gasteiger partial charge is 0.370 e. The van der Waals surface area contributed by atoms with Gasteiger partial charge < -0.3 is 11.5 Å². The summed E-state index contributed by atoms with van der Waals surface area (Å²) in [6, 6.07) is 15.3. The molecule has 2 aromatic rings. The first-order valence-electron chi connectivity index (χ1n) is 11.7. The third-order valence-electron chi connectivity index (χ3n) is 6.04. The zero-order valence-corrected chi connectivity index (χ0v) is 19.8. The predicted molar refractivity (Wildman–Crippen MR) is 135 cm³/mol. The van der Waals surface area contributed by atoms with Crippen LogP contribution in [0.25, 0.3) is 0 Å². The lowest BCUT2D eigenvalue weighted by atomic mass is 9.83. The average Bonchev–Trinajstić information content (AvgIpc) is 2.88. The Kier molecular flexibility index (Phi) is 6.40. The number of hydrogen-bond donors (Lipinski definition) is 2. The van der Waals surface area contributed by atoms with Crippen molar-refractivity contribution < 1.29 is 4.79 Å². The highest BCUT2D eigenvalue weighted by molar-refractivity contribution is 6.13. The molecule has 174 valence electrons. The molecule has 2 aromatic carbocycles. The Morgan fingerprint density at radius 3 is 2.33 bits per heavy atom. The van der Waals surface area contributed by atoms with E-state index in [-0.39, 0.29) is 17.4 Å². The smallest absolute Gasteiger partial charge is 0.349 e. The number of para-hydroxylation sites is 1. The first kappa shape index (κ1) is 22.8. The van der Waals surface area contributed by atoms with E-state index < -0.39 is 0 Å². The monoisotopic (exact) mass is 446 g/mol. The van der Waals surface area contributed by atoms with Crippen molar-refractivity contribution in [1.82, 2.24) is 5.01 Å². The molecule has 4 N–H and O–H groups in total. The fourth-order valence-corrected chi connectivity index (χ4v) is 4.64. The molecule has 0 atom stereocenters. The maximum atomic E-state index is 14.0. The van der Waals surface area contributed by atoms with Gasteiger partial charge in [-0.1, -0.05) is 58.2 Å². The van der Waals surface area contributed by atoms with Crippen molar-refractivity contribution in [2.45, 2.75) is 52.9 Å². The number of anilines is 2. The van der Waals surface area contributed by atoms with Gasteiger partial charge in [0.05, 0.1) is 29.3 Å². The van der Waals surface area contributed by atoms with Crippen LogP contribution in [0.2, 0.25) is 0 Å². The lowest BCUT2D eigenvalue weighted by Crippen LogP contribution is -2.41. The molecule has 7 heteroatoms. The Morgan fingerprint density at radius 2 is 1.70 bits per heavy atom. The molecule has 0 spiro atoms. The van der Waals surface area contributed by atoms with Crippen LogP contribution in [0, 0.1) is 11.3 Å². The van der Waals surface area contributed by atoms with Gasteiger partial charge in [-0.15, -0.1) is 0 Å². The van der Waals surface area contributed by atoms with Crippen LogP contribution in [0.5, 0.6) is 0 Å². The lowest BCUT2D eigenvalue weighted by molar-refractivity contribution is 0.184. The van der Waals surface area contributed by atoms with Crippen LogP contribution in [-0.2, 0) is 0 Å². The second-order valence-corrected chi connectivity index (χ2v) is 10.1. The fourth-order valence-electron chi connectivity index (χ4n) is 4.64. The van der Waals surface area contributed by atoms with E-state index in [1.807, 2.05) is 42.5 Å². The van der Waals surface area contributed by atoms with Gasteiger partial charge in [-0.25, -0.2) is 14.8 Å². The molecule has 1 saturated carbocycles. The normalized spacial score (nSPS) is 17.3. The third kappa shape index (κ3) is 5.18. The summed E-state index contributed by atoms with van der Waals surface area (Å²) in [5, 5.41) is 6.70. The summed E-state index contributed by atoms with van der Waals surface area (Å²) in [6.45, 7) is 6.91. The van der Waals surface area contributed by atoms with Gasteiger partial charge in [0.1, 0.15) is 0 Å². The number of hydrazone groups is 1. The Labute approximate surface area is 196 Å². The Balaban J connectivity index is 1.84. The molecule has 0 aromatic heterocycles. The van der Waals surface area contributed by atoms with E-state index in [9.17, 15) is 4.79 Å². The Bertz CT molecular complexity index is 1060. The SMILES string of the molecule is CC(C)(C)CN1N=C(C2CCCCC2)c2ccccc2N(c2ccc(N=C(N)N)cc2)C1=O. The van der Waals surface area contributed by atoms with Crippen molar-refractivity contribution in [2.75, 3.05) is 11.4 Å². The molecule has 0 bridgehead atoms. The predicted octanol–water partition coefficient (Wildman–Crippen LogP) is 5.50. The van der Waals surface area contributed by atoms with E-state index in [0.717, 1.165) is 35.5 Å². The van der Waals surface area contributed by atoms with Crippen LogP contribution in [0.15, 0.2) is 58.6 Å². The molecule has 33 heavy (non-hydrogen) atoms. The number of hydrogen-bond acceptors (Lipinski definition) is 3. The van der Waals surface area contributed by atoms with E-state index in [1.165, 1.54) is 19.3 Å². The second-order valence-electron chi connectivity index (χ2n) is 10.1. The second kappa shape index (κ2) is 9.25. The number of amides is 2. The van der Waals surface area contributed by atoms with E-state index in [0.29, 0.717) is 18.2 Å². The highest BCUT2D eigenvalue weighted by atomic mass is 16.2. The average molecular weight is 447 g/mol. The van der Waals surface area contributed by atoms with Crippen molar-refractivity contribution in [2.24, 2.45) is 32.9 Å². The molecule has 1 fully saturated rings. The van der Waals surface area contributed by atoms with Gasteiger partial charge >= 0.3 is 6.03 Å². The molecule has 4 rings (SSSR count). The van der Waals surface area contributed by atoms with Crippen molar-refractivity contribution in [3.8, 4) is 0 Å². The van der Waals surface area contributed by atoms with Crippen molar-refractivity contribution in [3.05, 3.63) is 54.1 Å². The first-order chi connectivity index (χ1) is 15.7. The highest BCUT2D eigenvalue weighted by Gasteiger charge is 2.35. The molecule has 2 aliphatic rings.